The van der Waals surface area contributed by atoms with Gasteiger partial charge in [0.15, 0.2) is 0 Å². The summed E-state index contributed by atoms with van der Waals surface area (Å²) in [6.45, 7) is 0. The van der Waals surface area contributed by atoms with Gasteiger partial charge in [-0.3, -0.25) is 0 Å². The molecule has 0 aliphatic carbocycles. The molecule has 0 bridgehead atoms. The van der Waals surface area contributed by atoms with Crippen LogP contribution in [-0.2, 0) is 4.74 Å². The van der Waals surface area contributed by atoms with E-state index in [-0.39, 0.29) is 0 Å². The van der Waals surface area contributed by atoms with Crippen LogP contribution in [0.15, 0.2) is 48.5 Å². The maximum atomic E-state index is 11.6. The molecule has 0 spiro atoms. The number of esters is 1. The molecular formula is C16H12ClNO3. The summed E-state index contributed by atoms with van der Waals surface area (Å²) < 4.78 is 10.6. The number of carbonyl (C=O) groups is 1. The Labute approximate surface area is 126 Å². The van der Waals surface area contributed by atoms with Crippen molar-refractivity contribution in [2.75, 3.05) is 7.11 Å². The quantitative estimate of drug-likeness (QED) is 0.729. The van der Waals surface area contributed by atoms with Crippen molar-refractivity contribution >= 4 is 28.5 Å². The molecule has 106 valence electrons. The van der Waals surface area contributed by atoms with Crippen molar-refractivity contribution in [3.8, 4) is 11.5 Å². The highest BCUT2D eigenvalue weighted by Gasteiger charge is 2.12. The van der Waals surface area contributed by atoms with Crippen LogP contribution in [0.4, 0.5) is 0 Å². The van der Waals surface area contributed by atoms with Gasteiger partial charge in [-0.05, 0) is 36.4 Å². The lowest BCUT2D eigenvalue weighted by atomic mass is 10.2. The molecule has 0 saturated heterocycles. The van der Waals surface area contributed by atoms with E-state index in [9.17, 15) is 4.79 Å². The van der Waals surface area contributed by atoms with Gasteiger partial charge < -0.3 is 14.5 Å². The molecular weight excluding hydrogens is 290 g/mol. The predicted octanol–water partition coefficient (Wildman–Crippen LogP) is 4.40. The van der Waals surface area contributed by atoms with Crippen LogP contribution in [0.5, 0.6) is 11.5 Å². The second-order valence-electron chi connectivity index (χ2n) is 4.45. The molecule has 2 aromatic carbocycles. The van der Waals surface area contributed by atoms with Gasteiger partial charge in [0, 0.05) is 15.9 Å². The summed E-state index contributed by atoms with van der Waals surface area (Å²) in [6, 6.07) is 14.4. The van der Waals surface area contributed by atoms with Crippen LogP contribution in [0.3, 0.4) is 0 Å². The third-order valence-electron chi connectivity index (χ3n) is 3.05. The molecule has 0 unspecified atom stereocenters. The van der Waals surface area contributed by atoms with E-state index in [1.807, 2.05) is 30.3 Å². The summed E-state index contributed by atoms with van der Waals surface area (Å²) in [5, 5.41) is 1.40. The van der Waals surface area contributed by atoms with Gasteiger partial charge in [0.25, 0.3) is 0 Å². The first-order valence-electron chi connectivity index (χ1n) is 6.31. The van der Waals surface area contributed by atoms with Crippen LogP contribution in [0.2, 0.25) is 5.02 Å². The third kappa shape index (κ3) is 2.71. The number of hydrogen-bond acceptors (Lipinski definition) is 3. The fourth-order valence-corrected chi connectivity index (χ4v) is 2.27. The fourth-order valence-electron chi connectivity index (χ4n) is 2.09. The number of ether oxygens (including phenoxy) is 2. The summed E-state index contributed by atoms with van der Waals surface area (Å²) >= 11 is 5.95. The Morgan fingerprint density at radius 2 is 1.95 bits per heavy atom. The van der Waals surface area contributed by atoms with Crippen LogP contribution in [0.25, 0.3) is 10.9 Å². The Morgan fingerprint density at radius 3 is 2.71 bits per heavy atom. The minimum atomic E-state index is -0.417. The van der Waals surface area contributed by atoms with E-state index in [2.05, 4.69) is 4.98 Å². The number of hydrogen-bond donors (Lipinski definition) is 1. The zero-order chi connectivity index (χ0) is 14.8. The zero-order valence-electron chi connectivity index (χ0n) is 11.2. The lowest BCUT2D eigenvalue weighted by Gasteiger charge is -2.06. The standard InChI is InChI=1S/C16H12ClNO3/c1-20-16(19)14-9-12-13(18-14)6-3-7-15(12)21-11-5-2-4-10(17)8-11/h2-9,18H,1H3. The first-order chi connectivity index (χ1) is 10.2. The molecule has 0 radical (unpaired) electrons. The summed E-state index contributed by atoms with van der Waals surface area (Å²) in [5.41, 5.74) is 1.18. The zero-order valence-corrected chi connectivity index (χ0v) is 12.0. The number of methoxy groups -OCH3 is 1. The summed E-state index contributed by atoms with van der Waals surface area (Å²) in [6.07, 6.45) is 0. The first-order valence-corrected chi connectivity index (χ1v) is 6.68. The lowest BCUT2D eigenvalue weighted by Crippen LogP contribution is -2.00. The van der Waals surface area contributed by atoms with Gasteiger partial charge in [-0.25, -0.2) is 4.79 Å². The number of fused-ring (bicyclic) bond motifs is 1. The molecule has 1 N–H and O–H groups in total. The van der Waals surface area contributed by atoms with E-state index in [1.165, 1.54) is 7.11 Å². The summed E-state index contributed by atoms with van der Waals surface area (Å²) in [5.74, 6) is 0.858. The van der Waals surface area contributed by atoms with Gasteiger partial charge >= 0.3 is 5.97 Å². The highest BCUT2D eigenvalue weighted by Crippen LogP contribution is 2.31. The number of halogens is 1. The van der Waals surface area contributed by atoms with E-state index in [0.717, 1.165) is 10.9 Å². The van der Waals surface area contributed by atoms with Crippen LogP contribution in [0.1, 0.15) is 10.5 Å². The molecule has 0 atom stereocenters. The van der Waals surface area contributed by atoms with E-state index >= 15 is 0 Å². The highest BCUT2D eigenvalue weighted by molar-refractivity contribution is 6.30. The lowest BCUT2D eigenvalue weighted by molar-refractivity contribution is 0.0595. The van der Waals surface area contributed by atoms with E-state index < -0.39 is 5.97 Å². The minimum Gasteiger partial charge on any atom is -0.464 e. The summed E-state index contributed by atoms with van der Waals surface area (Å²) in [7, 11) is 1.34. The van der Waals surface area contributed by atoms with Gasteiger partial charge in [0.1, 0.15) is 17.2 Å². The minimum absolute atomic E-state index is 0.384. The second-order valence-corrected chi connectivity index (χ2v) is 4.89. The third-order valence-corrected chi connectivity index (χ3v) is 3.29. The second kappa shape index (κ2) is 5.50. The number of rotatable bonds is 3. The highest BCUT2D eigenvalue weighted by atomic mass is 35.5. The Morgan fingerprint density at radius 1 is 1.14 bits per heavy atom. The molecule has 5 heteroatoms. The molecule has 3 rings (SSSR count). The number of carbonyl (C=O) groups excluding carboxylic acids is 1. The Hall–Kier alpha value is -2.46. The number of benzene rings is 2. The molecule has 0 aliphatic heterocycles. The Balaban J connectivity index is 2.02. The average Bonchev–Trinajstić information content (AvgIpc) is 2.92. The van der Waals surface area contributed by atoms with Crippen LogP contribution >= 0.6 is 11.6 Å². The molecule has 4 nitrogen and oxygen atoms in total. The number of nitrogens with one attached hydrogen (secondary N) is 1. The monoisotopic (exact) mass is 301 g/mol. The van der Waals surface area contributed by atoms with Crippen molar-refractivity contribution < 1.29 is 14.3 Å². The molecule has 3 aromatic rings. The van der Waals surface area contributed by atoms with Gasteiger partial charge in [-0.1, -0.05) is 23.7 Å². The number of H-pyrrole nitrogens is 1. The maximum absolute atomic E-state index is 11.6. The molecule has 1 aromatic heterocycles. The van der Waals surface area contributed by atoms with Gasteiger partial charge in [-0.2, -0.15) is 0 Å². The van der Waals surface area contributed by atoms with E-state index in [1.54, 1.807) is 18.2 Å². The molecule has 0 fully saturated rings. The first kappa shape index (κ1) is 13.5. The summed E-state index contributed by atoms with van der Waals surface area (Å²) in [4.78, 5) is 14.6. The van der Waals surface area contributed by atoms with Crippen molar-refractivity contribution in [2.45, 2.75) is 0 Å². The molecule has 0 amide bonds. The molecule has 0 aliphatic rings. The van der Waals surface area contributed by atoms with Crippen molar-refractivity contribution in [1.82, 2.24) is 4.98 Å². The van der Waals surface area contributed by atoms with E-state index in [4.69, 9.17) is 21.1 Å². The largest absolute Gasteiger partial charge is 0.464 e. The van der Waals surface area contributed by atoms with Gasteiger partial charge in [0.2, 0.25) is 0 Å². The Bertz CT molecular complexity index is 810. The molecule has 1 heterocycles. The average molecular weight is 302 g/mol. The SMILES string of the molecule is COC(=O)c1cc2c(Oc3cccc(Cl)c3)cccc2[nH]1. The maximum Gasteiger partial charge on any atom is 0.354 e. The topological polar surface area (TPSA) is 51.3 Å². The number of aromatic amines is 1. The van der Waals surface area contributed by atoms with Gasteiger partial charge in [-0.15, -0.1) is 0 Å². The van der Waals surface area contributed by atoms with E-state index in [0.29, 0.717) is 22.2 Å². The van der Waals surface area contributed by atoms with Crippen molar-refractivity contribution in [2.24, 2.45) is 0 Å². The van der Waals surface area contributed by atoms with Crippen LogP contribution in [0, 0.1) is 0 Å². The van der Waals surface area contributed by atoms with Crippen molar-refractivity contribution in [3.63, 3.8) is 0 Å². The van der Waals surface area contributed by atoms with Crippen LogP contribution in [-0.4, -0.2) is 18.1 Å². The van der Waals surface area contributed by atoms with Gasteiger partial charge in [0.05, 0.1) is 7.11 Å². The van der Waals surface area contributed by atoms with Crippen LogP contribution < -0.4 is 4.74 Å². The fraction of sp³-hybridized carbons (Fsp3) is 0.0625. The Kier molecular flexibility index (Phi) is 3.54. The van der Waals surface area contributed by atoms with Crippen molar-refractivity contribution in [1.29, 1.82) is 0 Å². The molecule has 21 heavy (non-hydrogen) atoms. The number of aromatic nitrogens is 1. The smallest absolute Gasteiger partial charge is 0.354 e. The molecule has 0 saturated carbocycles. The van der Waals surface area contributed by atoms with Crippen molar-refractivity contribution in [3.05, 3.63) is 59.2 Å². The predicted molar refractivity (Wildman–Crippen MR) is 81.2 cm³/mol. The normalized spacial score (nSPS) is 10.6.